The Labute approximate surface area is 155 Å². The molecule has 4 rings (SSSR count). The first kappa shape index (κ1) is 17.5. The Morgan fingerprint density at radius 3 is 2.96 bits per heavy atom. The fourth-order valence-electron chi connectivity index (χ4n) is 4.82. The Morgan fingerprint density at radius 1 is 1.50 bits per heavy atom. The first-order valence-corrected chi connectivity index (χ1v) is 9.62. The van der Waals surface area contributed by atoms with Crippen molar-refractivity contribution in [2.75, 3.05) is 24.5 Å². The lowest BCUT2D eigenvalue weighted by Gasteiger charge is -2.30. The number of hydrogen-bond acceptors (Lipinski definition) is 4. The molecular formula is C21H29N3O2. The summed E-state index contributed by atoms with van der Waals surface area (Å²) in [5.41, 5.74) is 0.626. The third-order valence-corrected chi connectivity index (χ3v) is 6.29. The summed E-state index contributed by atoms with van der Waals surface area (Å²) in [5.74, 6) is 1.98. The van der Waals surface area contributed by atoms with Crippen LogP contribution in [0.15, 0.2) is 24.9 Å². The maximum absolute atomic E-state index is 12.3. The number of carbonyl (C=O) groups excluding carboxylic acids is 1. The van der Waals surface area contributed by atoms with Crippen LogP contribution in [0, 0.1) is 17.3 Å². The van der Waals surface area contributed by atoms with Crippen molar-refractivity contribution in [2.24, 2.45) is 17.3 Å². The van der Waals surface area contributed by atoms with Gasteiger partial charge >= 0.3 is 0 Å². The first-order valence-electron chi connectivity index (χ1n) is 9.62. The number of ether oxygens (including phenoxy) is 1. The molecule has 1 amide bonds. The molecule has 2 bridgehead atoms. The molecule has 4 atom stereocenters. The number of nitrogens with one attached hydrogen (secondary N) is 1. The lowest BCUT2D eigenvalue weighted by molar-refractivity contribution is -0.128. The van der Waals surface area contributed by atoms with Gasteiger partial charge in [0.25, 0.3) is 0 Å². The van der Waals surface area contributed by atoms with Gasteiger partial charge in [0.1, 0.15) is 5.82 Å². The topological polar surface area (TPSA) is 54.5 Å². The third kappa shape index (κ3) is 2.82. The number of carbonyl (C=O) groups is 1. The largest absolute Gasteiger partial charge is 0.369 e. The highest BCUT2D eigenvalue weighted by atomic mass is 16.5. The summed E-state index contributed by atoms with van der Waals surface area (Å²) in [6.45, 7) is 12.2. The maximum atomic E-state index is 12.3. The standard InChI is InChI=1S/C21H29N3O2/c1-5-14-6-7-18(22-10-14)24-12-16-15(11-23-19(25)20(2,3)4)17-8-9-21(16,13-24)26-17/h5-7,10,15-17H,1,8-9,11-13H2,2-4H3,(H,23,25)/t15-,16+,17+,21+/m0/s1. The van der Waals surface area contributed by atoms with E-state index < -0.39 is 0 Å². The van der Waals surface area contributed by atoms with E-state index in [9.17, 15) is 4.79 Å². The van der Waals surface area contributed by atoms with Gasteiger partial charge in [0, 0.05) is 43.1 Å². The highest BCUT2D eigenvalue weighted by Crippen LogP contribution is 2.55. The minimum Gasteiger partial charge on any atom is -0.369 e. The van der Waals surface area contributed by atoms with Gasteiger partial charge in [-0.3, -0.25) is 4.79 Å². The quantitative estimate of drug-likeness (QED) is 0.902. The lowest BCUT2D eigenvalue weighted by Crippen LogP contribution is -2.44. The van der Waals surface area contributed by atoms with E-state index in [1.807, 2.05) is 33.0 Å². The predicted octanol–water partition coefficient (Wildman–Crippen LogP) is 2.87. The predicted molar refractivity (Wildman–Crippen MR) is 103 cm³/mol. The first-order chi connectivity index (χ1) is 12.3. The SMILES string of the molecule is C=Cc1ccc(N2C[C@@H]3[C@H](CNC(=O)C(C)(C)C)[C@H]4CC[C@]3(C2)O4)nc1. The number of rotatable bonds is 4. The highest BCUT2D eigenvalue weighted by Gasteiger charge is 2.63. The van der Waals surface area contributed by atoms with E-state index in [-0.39, 0.29) is 16.9 Å². The van der Waals surface area contributed by atoms with E-state index >= 15 is 0 Å². The Bertz CT molecular complexity index is 709. The molecule has 3 aliphatic heterocycles. The van der Waals surface area contributed by atoms with Crippen LogP contribution in [0.25, 0.3) is 6.08 Å². The van der Waals surface area contributed by atoms with Crippen molar-refractivity contribution in [2.45, 2.75) is 45.3 Å². The molecule has 0 saturated carbocycles. The normalized spacial score (nSPS) is 32.6. The monoisotopic (exact) mass is 355 g/mol. The molecule has 4 heterocycles. The van der Waals surface area contributed by atoms with Crippen molar-refractivity contribution in [3.63, 3.8) is 0 Å². The molecule has 1 aromatic rings. The zero-order chi connectivity index (χ0) is 18.5. The van der Waals surface area contributed by atoms with Crippen molar-refractivity contribution in [3.05, 3.63) is 30.5 Å². The number of aromatic nitrogens is 1. The zero-order valence-electron chi connectivity index (χ0n) is 16.0. The van der Waals surface area contributed by atoms with Crippen molar-refractivity contribution < 1.29 is 9.53 Å². The van der Waals surface area contributed by atoms with Crippen LogP contribution in [0.1, 0.15) is 39.2 Å². The molecular weight excluding hydrogens is 326 g/mol. The molecule has 1 N–H and O–H groups in total. The summed E-state index contributed by atoms with van der Waals surface area (Å²) in [5, 5.41) is 3.16. The minimum absolute atomic E-state index is 0.0550. The third-order valence-electron chi connectivity index (χ3n) is 6.29. The summed E-state index contributed by atoms with van der Waals surface area (Å²) in [4.78, 5) is 19.2. The van der Waals surface area contributed by atoms with Gasteiger partial charge in [-0.2, -0.15) is 0 Å². The molecule has 140 valence electrons. The van der Waals surface area contributed by atoms with Gasteiger partial charge in [-0.1, -0.05) is 33.4 Å². The average molecular weight is 355 g/mol. The zero-order valence-corrected chi connectivity index (χ0v) is 16.0. The Hall–Kier alpha value is -1.88. The van der Waals surface area contributed by atoms with Crippen LogP contribution in [-0.4, -0.2) is 42.2 Å². The number of anilines is 1. The van der Waals surface area contributed by atoms with Crippen molar-refractivity contribution >= 4 is 17.8 Å². The number of pyridine rings is 1. The van der Waals surface area contributed by atoms with Crippen LogP contribution in [0.5, 0.6) is 0 Å². The molecule has 1 aromatic heterocycles. The maximum Gasteiger partial charge on any atom is 0.225 e. The number of amides is 1. The second-order valence-electron chi connectivity index (χ2n) is 9.02. The molecule has 3 aliphatic rings. The lowest BCUT2D eigenvalue weighted by atomic mass is 9.73. The average Bonchev–Trinajstić information content (AvgIpc) is 3.27. The van der Waals surface area contributed by atoms with Crippen molar-refractivity contribution in [3.8, 4) is 0 Å². The fourth-order valence-corrected chi connectivity index (χ4v) is 4.82. The van der Waals surface area contributed by atoms with Crippen LogP contribution in [0.2, 0.25) is 0 Å². The summed E-state index contributed by atoms with van der Waals surface area (Å²) in [6.07, 6.45) is 6.19. The van der Waals surface area contributed by atoms with Gasteiger partial charge in [0.05, 0.1) is 11.7 Å². The van der Waals surface area contributed by atoms with E-state index in [0.717, 1.165) is 37.3 Å². The molecule has 26 heavy (non-hydrogen) atoms. The smallest absolute Gasteiger partial charge is 0.225 e. The van der Waals surface area contributed by atoms with Crippen molar-refractivity contribution in [1.82, 2.24) is 10.3 Å². The highest BCUT2D eigenvalue weighted by molar-refractivity contribution is 5.81. The second kappa shape index (κ2) is 6.08. The number of nitrogens with zero attached hydrogens (tertiary/aromatic N) is 2. The van der Waals surface area contributed by atoms with Crippen LogP contribution in [0.3, 0.4) is 0 Å². The van der Waals surface area contributed by atoms with Crippen LogP contribution < -0.4 is 10.2 Å². The molecule has 0 aliphatic carbocycles. The van der Waals surface area contributed by atoms with Gasteiger partial charge in [0.2, 0.25) is 5.91 Å². The summed E-state index contributed by atoms with van der Waals surface area (Å²) < 4.78 is 6.47. The van der Waals surface area contributed by atoms with E-state index in [1.165, 1.54) is 0 Å². The molecule has 1 spiro atoms. The van der Waals surface area contributed by atoms with Crippen LogP contribution in [0.4, 0.5) is 5.82 Å². The molecule has 0 radical (unpaired) electrons. The molecule has 0 unspecified atom stereocenters. The van der Waals surface area contributed by atoms with Crippen LogP contribution >= 0.6 is 0 Å². The minimum atomic E-state index is -0.352. The van der Waals surface area contributed by atoms with Gasteiger partial charge in [-0.05, 0) is 30.5 Å². The fraction of sp³-hybridized carbons (Fsp3) is 0.619. The summed E-state index contributed by atoms with van der Waals surface area (Å²) in [6, 6.07) is 4.12. The summed E-state index contributed by atoms with van der Waals surface area (Å²) in [7, 11) is 0. The Kier molecular flexibility index (Phi) is 4.10. The Morgan fingerprint density at radius 2 is 2.31 bits per heavy atom. The molecule has 3 saturated heterocycles. The van der Waals surface area contributed by atoms with Crippen LogP contribution in [-0.2, 0) is 9.53 Å². The van der Waals surface area contributed by atoms with Gasteiger partial charge in [-0.15, -0.1) is 0 Å². The number of fused-ring (bicyclic) bond motifs is 1. The molecule has 5 nitrogen and oxygen atoms in total. The van der Waals surface area contributed by atoms with Gasteiger partial charge in [0.15, 0.2) is 0 Å². The van der Waals surface area contributed by atoms with Gasteiger partial charge in [-0.25, -0.2) is 4.98 Å². The number of hydrogen-bond donors (Lipinski definition) is 1. The van der Waals surface area contributed by atoms with Gasteiger partial charge < -0.3 is 15.0 Å². The van der Waals surface area contributed by atoms with E-state index in [2.05, 4.69) is 33.9 Å². The Balaban J connectivity index is 1.47. The summed E-state index contributed by atoms with van der Waals surface area (Å²) >= 11 is 0. The molecule has 0 aromatic carbocycles. The molecule has 5 heteroatoms. The second-order valence-corrected chi connectivity index (χ2v) is 9.02. The van der Waals surface area contributed by atoms with E-state index in [1.54, 1.807) is 0 Å². The molecule has 3 fully saturated rings. The van der Waals surface area contributed by atoms with E-state index in [0.29, 0.717) is 24.5 Å². The van der Waals surface area contributed by atoms with Crippen molar-refractivity contribution in [1.29, 1.82) is 0 Å². The van der Waals surface area contributed by atoms with E-state index in [4.69, 9.17) is 4.74 Å².